The smallest absolute Gasteiger partial charge is 0.238 e. The van der Waals surface area contributed by atoms with Crippen molar-refractivity contribution in [1.82, 2.24) is 10.3 Å². The maximum absolute atomic E-state index is 12.4. The Kier molecular flexibility index (Phi) is 2.78. The summed E-state index contributed by atoms with van der Waals surface area (Å²) >= 11 is 0. The van der Waals surface area contributed by atoms with Gasteiger partial charge in [0.2, 0.25) is 22.6 Å². The first-order chi connectivity index (χ1) is 9.58. The van der Waals surface area contributed by atoms with Crippen LogP contribution in [0.4, 0.5) is 5.69 Å². The Labute approximate surface area is 114 Å². The predicted molar refractivity (Wildman–Crippen MR) is 73.0 cm³/mol. The van der Waals surface area contributed by atoms with Gasteiger partial charge in [-0.3, -0.25) is 4.79 Å². The summed E-state index contributed by atoms with van der Waals surface area (Å²) in [6.07, 6.45) is 0. The Morgan fingerprint density at radius 3 is 2.35 bits per heavy atom. The molecule has 20 heavy (non-hydrogen) atoms. The first kappa shape index (κ1) is 12.4. The van der Waals surface area contributed by atoms with Gasteiger partial charge >= 0.3 is 0 Å². The molecule has 0 amide bonds. The van der Waals surface area contributed by atoms with E-state index >= 15 is 0 Å². The quantitative estimate of drug-likeness (QED) is 0.681. The van der Waals surface area contributed by atoms with Crippen LogP contribution in [0.5, 0.6) is 0 Å². The summed E-state index contributed by atoms with van der Waals surface area (Å²) in [7, 11) is 3.88. The number of rotatable bonds is 3. The van der Waals surface area contributed by atoms with E-state index in [1.54, 1.807) is 19.1 Å². The number of benzene rings is 1. The number of fused-ring (bicyclic) bond motifs is 1. The number of hydrogen-bond donors (Lipinski definition) is 0. The summed E-state index contributed by atoms with van der Waals surface area (Å²) < 4.78 is 10.2. The Bertz CT molecular complexity index is 769. The van der Waals surface area contributed by atoms with E-state index in [1.165, 1.54) is 0 Å². The molecule has 0 saturated carbocycles. The second kappa shape index (κ2) is 4.48. The van der Waals surface area contributed by atoms with Crippen molar-refractivity contribution in [1.29, 1.82) is 0 Å². The van der Waals surface area contributed by atoms with Gasteiger partial charge in [0, 0.05) is 25.3 Å². The summed E-state index contributed by atoms with van der Waals surface area (Å²) in [5.41, 5.74) is 2.98. The van der Waals surface area contributed by atoms with Gasteiger partial charge in [-0.05, 0) is 31.2 Å². The molecule has 0 bridgehead atoms. The molecule has 0 spiro atoms. The van der Waals surface area contributed by atoms with E-state index in [0.29, 0.717) is 22.4 Å². The Morgan fingerprint density at radius 1 is 1.05 bits per heavy atom. The van der Waals surface area contributed by atoms with Crippen molar-refractivity contribution in [2.24, 2.45) is 0 Å². The van der Waals surface area contributed by atoms with Crippen molar-refractivity contribution in [2.45, 2.75) is 6.92 Å². The van der Waals surface area contributed by atoms with Crippen LogP contribution >= 0.6 is 0 Å². The molecule has 3 rings (SSSR count). The summed E-state index contributed by atoms with van der Waals surface area (Å²) in [5, 5.41) is 7.54. The molecular formula is C14H13N3O3. The predicted octanol–water partition coefficient (Wildman–Crippen LogP) is 2.42. The molecule has 2 heterocycles. The van der Waals surface area contributed by atoms with Crippen molar-refractivity contribution in [2.75, 3.05) is 19.0 Å². The Hall–Kier alpha value is -2.63. The van der Waals surface area contributed by atoms with Crippen LogP contribution in [0.3, 0.4) is 0 Å². The minimum Gasteiger partial charge on any atom is -0.378 e. The van der Waals surface area contributed by atoms with Gasteiger partial charge in [-0.15, -0.1) is 0 Å². The molecule has 2 aromatic heterocycles. The second-order valence-corrected chi connectivity index (χ2v) is 4.73. The van der Waals surface area contributed by atoms with Crippen molar-refractivity contribution in [3.05, 3.63) is 41.2 Å². The van der Waals surface area contributed by atoms with Crippen LogP contribution in [-0.2, 0) is 0 Å². The van der Waals surface area contributed by atoms with Gasteiger partial charge in [0.25, 0.3) is 0 Å². The van der Waals surface area contributed by atoms with Gasteiger partial charge in [0.1, 0.15) is 5.69 Å². The summed E-state index contributed by atoms with van der Waals surface area (Å²) in [6.45, 7) is 1.73. The lowest BCUT2D eigenvalue weighted by Crippen LogP contribution is -2.09. The lowest BCUT2D eigenvalue weighted by atomic mass is 10.1. The number of carbonyl (C=O) groups excluding carboxylic acids is 1. The zero-order valence-corrected chi connectivity index (χ0v) is 11.4. The Morgan fingerprint density at radius 2 is 1.70 bits per heavy atom. The van der Waals surface area contributed by atoms with Crippen LogP contribution in [0.15, 0.2) is 33.3 Å². The molecule has 102 valence electrons. The van der Waals surface area contributed by atoms with E-state index in [-0.39, 0.29) is 11.5 Å². The lowest BCUT2D eigenvalue weighted by molar-refractivity contribution is 0.103. The second-order valence-electron chi connectivity index (χ2n) is 4.73. The average molecular weight is 271 g/mol. The fourth-order valence-electron chi connectivity index (χ4n) is 1.94. The van der Waals surface area contributed by atoms with Crippen molar-refractivity contribution in [3.63, 3.8) is 0 Å². The fourth-order valence-corrected chi connectivity index (χ4v) is 1.94. The number of nitrogens with zero attached hydrogens (tertiary/aromatic N) is 3. The van der Waals surface area contributed by atoms with Gasteiger partial charge in [-0.25, -0.2) is 0 Å². The number of carbonyl (C=O) groups is 1. The third-order valence-corrected chi connectivity index (χ3v) is 3.11. The highest BCUT2D eigenvalue weighted by atomic mass is 16.5. The number of aryl methyl sites for hydroxylation is 1. The summed E-state index contributed by atoms with van der Waals surface area (Å²) in [6, 6.07) is 7.25. The number of hydrogen-bond acceptors (Lipinski definition) is 6. The maximum atomic E-state index is 12.4. The number of ketones is 1. The topological polar surface area (TPSA) is 72.4 Å². The van der Waals surface area contributed by atoms with Gasteiger partial charge in [-0.1, -0.05) is 10.3 Å². The van der Waals surface area contributed by atoms with E-state index in [4.69, 9.17) is 9.05 Å². The van der Waals surface area contributed by atoms with Gasteiger partial charge < -0.3 is 13.9 Å². The molecule has 0 saturated heterocycles. The average Bonchev–Trinajstić information content (AvgIpc) is 3.02. The third-order valence-electron chi connectivity index (χ3n) is 3.11. The fraction of sp³-hybridized carbons (Fsp3) is 0.214. The summed E-state index contributed by atoms with van der Waals surface area (Å²) in [4.78, 5) is 14.3. The molecule has 0 radical (unpaired) electrons. The first-order valence-corrected chi connectivity index (χ1v) is 6.11. The van der Waals surface area contributed by atoms with E-state index in [2.05, 4.69) is 10.3 Å². The monoisotopic (exact) mass is 271 g/mol. The van der Waals surface area contributed by atoms with Crippen LogP contribution in [0.1, 0.15) is 21.7 Å². The van der Waals surface area contributed by atoms with Crippen LogP contribution in [-0.4, -0.2) is 30.2 Å². The standard InChI is InChI=1S/C14H13N3O3/c1-8-13-14(20-15-8)11(16-19-13)12(18)9-4-6-10(7-5-9)17(2)3/h4-7H,1-3H3. The van der Waals surface area contributed by atoms with Crippen molar-refractivity contribution < 1.29 is 13.8 Å². The number of anilines is 1. The van der Waals surface area contributed by atoms with Crippen LogP contribution < -0.4 is 4.90 Å². The van der Waals surface area contributed by atoms with Gasteiger partial charge in [0.15, 0.2) is 0 Å². The molecule has 6 nitrogen and oxygen atoms in total. The molecule has 0 aliphatic heterocycles. The molecule has 6 heteroatoms. The van der Waals surface area contributed by atoms with Crippen LogP contribution in [0.2, 0.25) is 0 Å². The minimum absolute atomic E-state index is 0.151. The Balaban J connectivity index is 1.99. The maximum Gasteiger partial charge on any atom is 0.238 e. The first-order valence-electron chi connectivity index (χ1n) is 6.11. The molecule has 3 aromatic rings. The highest BCUT2D eigenvalue weighted by molar-refractivity contribution is 6.13. The van der Waals surface area contributed by atoms with E-state index < -0.39 is 0 Å². The normalized spacial score (nSPS) is 10.9. The van der Waals surface area contributed by atoms with E-state index in [1.807, 2.05) is 31.1 Å². The van der Waals surface area contributed by atoms with Crippen LogP contribution in [0.25, 0.3) is 11.2 Å². The molecule has 0 N–H and O–H groups in total. The molecule has 0 fully saturated rings. The SMILES string of the molecule is Cc1noc2c(C(=O)c3ccc(N(C)C)cc3)noc12. The molecule has 0 unspecified atom stereocenters. The molecule has 0 atom stereocenters. The minimum atomic E-state index is -0.245. The largest absolute Gasteiger partial charge is 0.378 e. The number of aromatic nitrogens is 2. The van der Waals surface area contributed by atoms with Gasteiger partial charge in [-0.2, -0.15) is 0 Å². The molecule has 0 aliphatic rings. The van der Waals surface area contributed by atoms with Gasteiger partial charge in [0.05, 0.1) is 0 Å². The van der Waals surface area contributed by atoms with Crippen molar-refractivity contribution in [3.8, 4) is 0 Å². The highest BCUT2D eigenvalue weighted by Gasteiger charge is 2.23. The van der Waals surface area contributed by atoms with Crippen molar-refractivity contribution >= 4 is 22.6 Å². The molecule has 0 aliphatic carbocycles. The zero-order valence-electron chi connectivity index (χ0n) is 11.4. The van der Waals surface area contributed by atoms with E-state index in [0.717, 1.165) is 5.69 Å². The molecular weight excluding hydrogens is 258 g/mol. The zero-order chi connectivity index (χ0) is 14.3. The highest BCUT2D eigenvalue weighted by Crippen LogP contribution is 2.24. The van der Waals surface area contributed by atoms with Crippen LogP contribution in [0, 0.1) is 6.92 Å². The molecule has 1 aromatic carbocycles. The summed E-state index contributed by atoms with van der Waals surface area (Å²) in [5.74, 6) is -0.245. The third kappa shape index (κ3) is 1.85. The lowest BCUT2D eigenvalue weighted by Gasteiger charge is -2.11. The van der Waals surface area contributed by atoms with E-state index in [9.17, 15) is 4.79 Å².